The molecular formula is C32H21F5O4S3. The molecule has 0 atom stereocenters. The van der Waals surface area contributed by atoms with E-state index in [9.17, 15) is 35.2 Å². The number of halogens is 5. The van der Waals surface area contributed by atoms with Crippen molar-refractivity contribution in [1.29, 1.82) is 0 Å². The highest BCUT2D eigenvalue weighted by molar-refractivity contribution is 8.33. The van der Waals surface area contributed by atoms with Gasteiger partial charge in [0.1, 0.15) is 11.6 Å². The summed E-state index contributed by atoms with van der Waals surface area (Å²) in [5.74, 6) is -1.55. The molecule has 0 bridgehead atoms. The van der Waals surface area contributed by atoms with Crippen LogP contribution in [-0.4, -0.2) is 19.7 Å². The predicted octanol–water partition coefficient (Wildman–Crippen LogP) is 9.41. The molecule has 0 spiro atoms. The number of hydrogen-bond acceptors (Lipinski definition) is 5. The van der Waals surface area contributed by atoms with E-state index in [1.807, 2.05) is 6.07 Å². The van der Waals surface area contributed by atoms with Gasteiger partial charge in [-0.05, 0) is 107 Å². The Morgan fingerprint density at radius 2 is 0.955 bits per heavy atom. The van der Waals surface area contributed by atoms with Gasteiger partial charge in [-0.15, -0.1) is 0 Å². The van der Waals surface area contributed by atoms with Crippen LogP contribution >= 0.6 is 22.1 Å². The molecule has 0 amide bonds. The summed E-state index contributed by atoms with van der Waals surface area (Å²) in [6.45, 7) is 0. The van der Waals surface area contributed by atoms with Crippen molar-refractivity contribution < 1.29 is 38.8 Å². The minimum atomic E-state index is -6.19. The van der Waals surface area contributed by atoms with Crippen molar-refractivity contribution in [3.8, 4) is 0 Å². The molecule has 0 N–H and O–H groups in total. The van der Waals surface area contributed by atoms with Crippen molar-refractivity contribution in [2.45, 2.75) is 30.0 Å². The van der Waals surface area contributed by atoms with E-state index in [-0.39, 0.29) is 20.5 Å². The summed E-state index contributed by atoms with van der Waals surface area (Å²) in [6, 6.07) is 30.1. The second-order valence-corrected chi connectivity index (χ2v) is 14.8. The highest BCUT2D eigenvalue weighted by atomic mass is 32.3. The summed E-state index contributed by atoms with van der Waals surface area (Å²) in [4.78, 5) is 14.0. The lowest BCUT2D eigenvalue weighted by molar-refractivity contribution is -0.0496. The zero-order chi connectivity index (χ0) is 31.5. The summed E-state index contributed by atoms with van der Waals surface area (Å²) < 4.78 is 98.9. The van der Waals surface area contributed by atoms with Crippen molar-refractivity contribution in [3.05, 3.63) is 150 Å². The number of carbonyl (C=O) groups excluding carboxylic acids is 1. The molecule has 0 radical (unpaired) electrons. The molecule has 0 aliphatic rings. The Kier molecular flexibility index (Phi) is 8.98. The number of benzene rings is 5. The SMILES string of the molecule is O=C(c1ccccc1)c1ccc(Sc2ccc(S(OS(=O)(=O)C(F)(F)F)(c3ccc(F)cc3)c3ccc(F)cc3)cc2)cc1. The van der Waals surface area contributed by atoms with Gasteiger partial charge in [0.25, 0.3) is 0 Å². The highest BCUT2D eigenvalue weighted by Gasteiger charge is 2.52. The van der Waals surface area contributed by atoms with Gasteiger partial charge >= 0.3 is 15.6 Å². The van der Waals surface area contributed by atoms with Crippen LogP contribution < -0.4 is 0 Å². The smallest absolute Gasteiger partial charge is 0.289 e. The van der Waals surface area contributed by atoms with Crippen molar-refractivity contribution in [3.63, 3.8) is 0 Å². The third kappa shape index (κ3) is 6.58. The monoisotopic (exact) mass is 660 g/mol. The minimum absolute atomic E-state index is 0.0386. The van der Waals surface area contributed by atoms with E-state index in [4.69, 9.17) is 3.63 Å². The predicted molar refractivity (Wildman–Crippen MR) is 158 cm³/mol. The second-order valence-electron chi connectivity index (χ2n) is 9.22. The molecule has 0 heterocycles. The first-order valence-corrected chi connectivity index (χ1v) is 16.5. The minimum Gasteiger partial charge on any atom is -0.289 e. The van der Waals surface area contributed by atoms with Crippen LogP contribution in [0.2, 0.25) is 0 Å². The van der Waals surface area contributed by atoms with Crippen LogP contribution in [0, 0.1) is 11.6 Å². The Morgan fingerprint density at radius 3 is 1.39 bits per heavy atom. The van der Waals surface area contributed by atoms with E-state index < -0.39 is 37.6 Å². The van der Waals surface area contributed by atoms with E-state index in [2.05, 4.69) is 0 Å². The van der Waals surface area contributed by atoms with E-state index >= 15 is 0 Å². The zero-order valence-corrected chi connectivity index (χ0v) is 24.8. The summed E-state index contributed by atoms with van der Waals surface area (Å²) in [6.07, 6.45) is 0. The standard InChI is InChI=1S/C32H21F5O4S3/c33-24-8-16-28(17-9-24)43(29-18-10-25(34)11-19-29,41-44(39,40)32(35,36)37)30-20-14-27(15-21-30)42-26-12-6-23(7-13-26)31(38)22-4-2-1-3-5-22/h1-21H. The molecular weight excluding hydrogens is 640 g/mol. The summed E-state index contributed by atoms with van der Waals surface area (Å²) >= 11 is 1.30. The molecule has 0 fully saturated rings. The first kappa shape index (κ1) is 31.5. The Bertz CT molecular complexity index is 1820. The molecule has 12 heteroatoms. The molecule has 0 aromatic heterocycles. The second kappa shape index (κ2) is 12.6. The normalized spacial score (nSPS) is 12.6. The molecule has 226 valence electrons. The molecule has 4 nitrogen and oxygen atoms in total. The van der Waals surface area contributed by atoms with Crippen LogP contribution in [0.5, 0.6) is 0 Å². The topological polar surface area (TPSA) is 60.4 Å². The first-order valence-electron chi connectivity index (χ1n) is 12.7. The van der Waals surface area contributed by atoms with Crippen LogP contribution in [-0.2, 0) is 13.7 Å². The fraction of sp³-hybridized carbons (Fsp3) is 0.0312. The highest BCUT2D eigenvalue weighted by Crippen LogP contribution is 2.70. The lowest BCUT2D eigenvalue weighted by Gasteiger charge is -2.39. The van der Waals surface area contributed by atoms with Crippen molar-refractivity contribution in [1.82, 2.24) is 0 Å². The lowest BCUT2D eigenvalue weighted by atomic mass is 10.0. The fourth-order valence-corrected chi connectivity index (χ4v) is 9.73. The van der Waals surface area contributed by atoms with Crippen LogP contribution in [0.25, 0.3) is 0 Å². The largest absolute Gasteiger partial charge is 0.524 e. The van der Waals surface area contributed by atoms with E-state index in [1.165, 1.54) is 23.9 Å². The van der Waals surface area contributed by atoms with Gasteiger partial charge in [0.05, 0.1) is 0 Å². The van der Waals surface area contributed by atoms with E-state index in [0.29, 0.717) is 16.0 Å². The Hall–Kier alpha value is -3.97. The van der Waals surface area contributed by atoms with Gasteiger partial charge in [-0.1, -0.05) is 42.1 Å². The van der Waals surface area contributed by atoms with E-state index in [0.717, 1.165) is 53.4 Å². The number of rotatable bonds is 9. The first-order chi connectivity index (χ1) is 20.9. The van der Waals surface area contributed by atoms with Crippen LogP contribution in [0.3, 0.4) is 0 Å². The maximum atomic E-state index is 13.9. The molecule has 0 aliphatic heterocycles. The Labute approximate surface area is 256 Å². The molecule has 44 heavy (non-hydrogen) atoms. The number of alkyl halides is 3. The Morgan fingerprint density at radius 1 is 0.568 bits per heavy atom. The number of hydrogen-bond donors (Lipinski definition) is 0. The maximum Gasteiger partial charge on any atom is 0.524 e. The van der Waals surface area contributed by atoms with Gasteiger partial charge in [0, 0.05) is 35.6 Å². The molecule has 0 saturated carbocycles. The summed E-state index contributed by atoms with van der Waals surface area (Å²) in [5, 5.41) is 0. The van der Waals surface area contributed by atoms with Crippen molar-refractivity contribution >= 4 is 38.0 Å². The van der Waals surface area contributed by atoms with E-state index in [1.54, 1.807) is 60.7 Å². The zero-order valence-electron chi connectivity index (χ0n) is 22.4. The molecule has 5 aromatic carbocycles. The maximum absolute atomic E-state index is 13.9. The Balaban J connectivity index is 1.53. The number of carbonyl (C=O) groups is 1. The van der Waals surface area contributed by atoms with Gasteiger partial charge < -0.3 is 0 Å². The van der Waals surface area contributed by atoms with Gasteiger partial charge in [-0.3, -0.25) is 4.79 Å². The summed E-state index contributed by atoms with van der Waals surface area (Å²) in [5.41, 5.74) is -4.73. The fourth-order valence-electron chi connectivity index (χ4n) is 4.22. The average Bonchev–Trinajstić information content (AvgIpc) is 3.01. The van der Waals surface area contributed by atoms with Crippen LogP contribution in [0.4, 0.5) is 22.0 Å². The summed E-state index contributed by atoms with van der Waals surface area (Å²) in [7, 11) is -9.92. The quantitative estimate of drug-likeness (QED) is 0.0896. The average molecular weight is 661 g/mol. The van der Waals surface area contributed by atoms with Gasteiger partial charge in [-0.25, -0.2) is 8.78 Å². The van der Waals surface area contributed by atoms with Crippen LogP contribution in [0.15, 0.2) is 152 Å². The third-order valence-electron chi connectivity index (χ3n) is 6.31. The molecule has 5 aromatic rings. The lowest BCUT2D eigenvalue weighted by Crippen LogP contribution is -2.27. The molecule has 0 unspecified atom stereocenters. The van der Waals surface area contributed by atoms with Crippen LogP contribution in [0.1, 0.15) is 15.9 Å². The van der Waals surface area contributed by atoms with Crippen molar-refractivity contribution in [2.75, 3.05) is 0 Å². The number of ketones is 1. The van der Waals surface area contributed by atoms with Gasteiger partial charge in [-0.2, -0.15) is 25.2 Å². The van der Waals surface area contributed by atoms with Gasteiger partial charge in [0.2, 0.25) is 0 Å². The molecule has 5 rings (SSSR count). The van der Waals surface area contributed by atoms with Gasteiger partial charge in [0.15, 0.2) is 5.78 Å². The van der Waals surface area contributed by atoms with Crippen molar-refractivity contribution in [2.24, 2.45) is 0 Å². The third-order valence-corrected chi connectivity index (χ3v) is 12.2. The molecule has 0 aliphatic carbocycles. The molecule has 0 saturated heterocycles.